The van der Waals surface area contributed by atoms with Crippen molar-refractivity contribution < 1.29 is 23.8 Å². The molecule has 0 N–H and O–H groups in total. The number of hydrogen-bond donors (Lipinski definition) is 0. The minimum absolute atomic E-state index is 0.00299. The van der Waals surface area contributed by atoms with E-state index in [1.165, 1.54) is 37.5 Å². The molecule has 0 saturated heterocycles. The second-order valence-corrected chi connectivity index (χ2v) is 11.5. The van der Waals surface area contributed by atoms with Crippen LogP contribution in [-0.2, 0) is 27.3 Å². The van der Waals surface area contributed by atoms with Crippen LogP contribution in [0.1, 0.15) is 98.2 Å². The lowest BCUT2D eigenvalue weighted by atomic mass is 9.55. The van der Waals surface area contributed by atoms with Crippen LogP contribution in [0, 0.1) is 17.3 Å². The summed E-state index contributed by atoms with van der Waals surface area (Å²) in [5.74, 6) is 2.46. The van der Waals surface area contributed by atoms with E-state index in [2.05, 4.69) is 32.0 Å². The lowest BCUT2D eigenvalue weighted by Gasteiger charge is -2.50. The summed E-state index contributed by atoms with van der Waals surface area (Å²) in [6, 6.07) is 14.0. The average Bonchev–Trinajstić information content (AvgIpc) is 3.26. The van der Waals surface area contributed by atoms with Crippen LogP contribution in [-0.4, -0.2) is 25.2 Å². The van der Waals surface area contributed by atoms with Gasteiger partial charge in [0.2, 0.25) is 0 Å². The smallest absolute Gasteiger partial charge is 0.337 e. The lowest BCUT2D eigenvalue weighted by Crippen LogP contribution is -2.45. The number of methoxy groups -OCH3 is 1. The topological polar surface area (TPSA) is 61.8 Å². The van der Waals surface area contributed by atoms with Gasteiger partial charge in [0.15, 0.2) is 0 Å². The zero-order valence-electron chi connectivity index (χ0n) is 22.5. The van der Waals surface area contributed by atoms with E-state index < -0.39 is 0 Å². The highest BCUT2D eigenvalue weighted by Crippen LogP contribution is 2.61. The molecule has 0 bridgehead atoms. The van der Waals surface area contributed by atoms with Crippen molar-refractivity contribution in [3.8, 4) is 5.75 Å². The number of esters is 2. The molecular formula is C32H40O5. The van der Waals surface area contributed by atoms with Crippen LogP contribution in [0.15, 0.2) is 42.5 Å². The number of fused-ring (bicyclic) bond motifs is 5. The van der Waals surface area contributed by atoms with E-state index in [1.54, 1.807) is 12.1 Å². The van der Waals surface area contributed by atoms with Crippen molar-refractivity contribution in [2.75, 3.05) is 7.11 Å². The lowest BCUT2D eigenvalue weighted by molar-refractivity contribution is -0.157. The van der Waals surface area contributed by atoms with Crippen molar-refractivity contribution in [3.63, 3.8) is 0 Å². The Hall–Kier alpha value is -2.82. The van der Waals surface area contributed by atoms with Gasteiger partial charge in [-0.2, -0.15) is 0 Å². The van der Waals surface area contributed by atoms with E-state index in [1.807, 2.05) is 12.1 Å². The molecule has 5 nitrogen and oxygen atoms in total. The first-order valence-electron chi connectivity index (χ1n) is 14.0. The summed E-state index contributed by atoms with van der Waals surface area (Å²) in [7, 11) is 1.39. The van der Waals surface area contributed by atoms with Crippen LogP contribution in [0.25, 0.3) is 0 Å². The molecule has 2 aromatic rings. The van der Waals surface area contributed by atoms with E-state index in [-0.39, 0.29) is 23.5 Å². The summed E-state index contributed by atoms with van der Waals surface area (Å²) in [6.07, 6.45) is 9.35. The molecular weight excluding hydrogens is 464 g/mol. The molecule has 2 saturated carbocycles. The first-order valence-corrected chi connectivity index (χ1v) is 14.0. The summed E-state index contributed by atoms with van der Waals surface area (Å²) >= 11 is 0. The third-order valence-electron chi connectivity index (χ3n) is 9.40. The van der Waals surface area contributed by atoms with Crippen molar-refractivity contribution in [2.45, 2.75) is 90.3 Å². The predicted octanol–water partition coefficient (Wildman–Crippen LogP) is 7.01. The van der Waals surface area contributed by atoms with E-state index in [0.29, 0.717) is 36.3 Å². The van der Waals surface area contributed by atoms with Crippen LogP contribution >= 0.6 is 0 Å². The normalized spacial score (nSPS) is 28.0. The molecule has 198 valence electrons. The van der Waals surface area contributed by atoms with Gasteiger partial charge in [-0.1, -0.05) is 38.5 Å². The number of carbonyl (C=O) groups excluding carboxylic acids is 2. The Balaban J connectivity index is 1.23. The van der Waals surface area contributed by atoms with Crippen LogP contribution in [0.5, 0.6) is 5.75 Å². The van der Waals surface area contributed by atoms with Gasteiger partial charge in [0.05, 0.1) is 12.7 Å². The molecule has 3 aliphatic rings. The Kier molecular flexibility index (Phi) is 7.60. The minimum atomic E-state index is -0.329. The van der Waals surface area contributed by atoms with Gasteiger partial charge in [-0.05, 0) is 104 Å². The number of unbranched alkanes of at least 4 members (excludes halogenated alkanes) is 1. The van der Waals surface area contributed by atoms with E-state index in [0.717, 1.165) is 43.4 Å². The zero-order valence-corrected chi connectivity index (χ0v) is 22.5. The summed E-state index contributed by atoms with van der Waals surface area (Å²) < 4.78 is 16.9. The average molecular weight is 505 g/mol. The molecule has 5 atom stereocenters. The highest BCUT2D eigenvalue weighted by atomic mass is 16.5. The molecule has 5 unspecified atom stereocenters. The van der Waals surface area contributed by atoms with Crippen molar-refractivity contribution in [3.05, 3.63) is 64.7 Å². The number of rotatable bonds is 8. The predicted molar refractivity (Wildman–Crippen MR) is 143 cm³/mol. The van der Waals surface area contributed by atoms with Gasteiger partial charge in [-0.25, -0.2) is 4.79 Å². The quantitative estimate of drug-likeness (QED) is 0.362. The standard InChI is InChI=1S/C32H40O5/c1-4-5-6-30(33)37-29-16-15-28-27-13-11-23-19-24(12-14-25(23)26(27)17-18-32(28,29)2)36-20-21-7-9-22(10-8-21)31(34)35-3/h7-10,12,14,19,26-29H,4-6,11,13,15-18,20H2,1-3H3. The number of hydrogen-bond acceptors (Lipinski definition) is 5. The van der Waals surface area contributed by atoms with Crippen molar-refractivity contribution in [2.24, 2.45) is 17.3 Å². The SMILES string of the molecule is CCCCC(=O)OC1CCC2C3CCc4cc(OCc5ccc(C(=O)OC)cc5)ccc4C3CCC12C. The highest BCUT2D eigenvalue weighted by molar-refractivity contribution is 5.89. The molecule has 0 aromatic heterocycles. The molecule has 0 spiro atoms. The van der Waals surface area contributed by atoms with E-state index in [9.17, 15) is 9.59 Å². The third kappa shape index (κ3) is 5.15. The number of aryl methyl sites for hydroxylation is 1. The molecule has 37 heavy (non-hydrogen) atoms. The van der Waals surface area contributed by atoms with Crippen LogP contribution in [0.4, 0.5) is 0 Å². The molecule has 0 aliphatic heterocycles. The monoisotopic (exact) mass is 504 g/mol. The van der Waals surface area contributed by atoms with Gasteiger partial charge in [0.1, 0.15) is 18.5 Å². The fourth-order valence-electron chi connectivity index (χ4n) is 7.35. The van der Waals surface area contributed by atoms with Crippen LogP contribution in [0.3, 0.4) is 0 Å². The molecule has 0 heterocycles. The molecule has 0 amide bonds. The van der Waals surface area contributed by atoms with Gasteiger partial charge in [0.25, 0.3) is 0 Å². The molecule has 0 radical (unpaired) electrons. The first-order chi connectivity index (χ1) is 17.9. The molecule has 2 aromatic carbocycles. The van der Waals surface area contributed by atoms with Crippen molar-refractivity contribution in [1.29, 1.82) is 0 Å². The Morgan fingerprint density at radius 1 is 1.03 bits per heavy atom. The number of benzene rings is 2. The van der Waals surface area contributed by atoms with E-state index >= 15 is 0 Å². The second-order valence-electron chi connectivity index (χ2n) is 11.5. The molecule has 5 rings (SSSR count). The summed E-state index contributed by atoms with van der Waals surface area (Å²) in [5.41, 5.74) is 4.59. The van der Waals surface area contributed by atoms with E-state index in [4.69, 9.17) is 14.2 Å². The number of carbonyl (C=O) groups is 2. The van der Waals surface area contributed by atoms with Crippen LogP contribution < -0.4 is 4.74 Å². The maximum absolute atomic E-state index is 12.4. The first kappa shape index (κ1) is 25.8. The van der Waals surface area contributed by atoms with Crippen molar-refractivity contribution in [1.82, 2.24) is 0 Å². The largest absolute Gasteiger partial charge is 0.489 e. The second kappa shape index (κ2) is 10.9. The van der Waals surface area contributed by atoms with Gasteiger partial charge < -0.3 is 14.2 Å². The molecule has 3 aliphatic carbocycles. The minimum Gasteiger partial charge on any atom is -0.489 e. The maximum Gasteiger partial charge on any atom is 0.337 e. The zero-order chi connectivity index (χ0) is 26.0. The Morgan fingerprint density at radius 2 is 1.84 bits per heavy atom. The highest BCUT2D eigenvalue weighted by Gasteiger charge is 2.56. The maximum atomic E-state index is 12.4. The van der Waals surface area contributed by atoms with Gasteiger partial charge in [0, 0.05) is 11.8 Å². The summed E-state index contributed by atoms with van der Waals surface area (Å²) in [5, 5.41) is 0. The molecule has 5 heteroatoms. The third-order valence-corrected chi connectivity index (χ3v) is 9.40. The fraction of sp³-hybridized carbons (Fsp3) is 0.562. The van der Waals surface area contributed by atoms with Gasteiger partial charge in [-0.3, -0.25) is 4.79 Å². The number of ether oxygens (including phenoxy) is 3. The van der Waals surface area contributed by atoms with Gasteiger partial charge in [-0.15, -0.1) is 0 Å². The van der Waals surface area contributed by atoms with Crippen molar-refractivity contribution >= 4 is 11.9 Å². The molecule has 2 fully saturated rings. The summed E-state index contributed by atoms with van der Waals surface area (Å²) in [6.45, 7) is 4.97. The Morgan fingerprint density at radius 3 is 2.59 bits per heavy atom. The Bertz CT molecular complexity index is 1120. The summed E-state index contributed by atoms with van der Waals surface area (Å²) in [4.78, 5) is 24.0. The Labute approximate surface area is 220 Å². The fourth-order valence-corrected chi connectivity index (χ4v) is 7.35. The van der Waals surface area contributed by atoms with Gasteiger partial charge >= 0.3 is 11.9 Å². The van der Waals surface area contributed by atoms with Crippen LogP contribution in [0.2, 0.25) is 0 Å².